The van der Waals surface area contributed by atoms with Crippen molar-refractivity contribution in [1.29, 1.82) is 0 Å². The van der Waals surface area contributed by atoms with Crippen LogP contribution in [0.3, 0.4) is 0 Å². The average molecular weight is 535 g/mol. The molecule has 28 heavy (non-hydrogen) atoms. The molecule has 0 aliphatic carbocycles. The van der Waals surface area contributed by atoms with Gasteiger partial charge in [0.05, 0.1) is 9.77 Å². The second-order valence-electron chi connectivity index (χ2n) is 9.72. The summed E-state index contributed by atoms with van der Waals surface area (Å²) < 4.78 is 15.0. The van der Waals surface area contributed by atoms with Gasteiger partial charge < -0.3 is 14.4 Å². The second-order valence-corrected chi connectivity index (χ2v) is 22.1. The molecular formula is C19H35IN4O2Si2. The first kappa shape index (κ1) is 23.8. The number of ether oxygens (including phenoxy) is 2. The summed E-state index contributed by atoms with van der Waals surface area (Å²) in [6.07, 6.45) is 1.85. The van der Waals surface area contributed by atoms with Crippen molar-refractivity contribution in [3.63, 3.8) is 0 Å². The van der Waals surface area contributed by atoms with Crippen LogP contribution in [-0.4, -0.2) is 57.4 Å². The van der Waals surface area contributed by atoms with E-state index in [1.54, 1.807) is 0 Å². The fourth-order valence-electron chi connectivity index (χ4n) is 2.54. The van der Waals surface area contributed by atoms with Crippen LogP contribution >= 0.6 is 22.6 Å². The summed E-state index contributed by atoms with van der Waals surface area (Å²) >= 11 is 2.28. The van der Waals surface area contributed by atoms with E-state index in [1.165, 1.54) is 0 Å². The summed E-state index contributed by atoms with van der Waals surface area (Å²) in [4.78, 5) is 6.76. The van der Waals surface area contributed by atoms with Crippen LogP contribution in [0.4, 0.5) is 5.82 Å². The maximum Gasteiger partial charge on any atom is 0.171 e. The molecule has 0 saturated heterocycles. The van der Waals surface area contributed by atoms with E-state index in [1.807, 2.05) is 17.6 Å². The minimum Gasteiger partial charge on any atom is -0.361 e. The lowest BCUT2D eigenvalue weighted by atomic mass is 10.4. The molecule has 0 aromatic carbocycles. The molecule has 0 aliphatic rings. The molecule has 6 nitrogen and oxygen atoms in total. The van der Waals surface area contributed by atoms with E-state index in [2.05, 4.69) is 82.9 Å². The van der Waals surface area contributed by atoms with Gasteiger partial charge in [0.2, 0.25) is 0 Å². The van der Waals surface area contributed by atoms with Gasteiger partial charge in [0.1, 0.15) is 19.3 Å². The lowest BCUT2D eigenvalue weighted by Crippen LogP contribution is -2.33. The van der Waals surface area contributed by atoms with Crippen LogP contribution in [0.1, 0.15) is 5.69 Å². The lowest BCUT2D eigenvalue weighted by Gasteiger charge is -2.26. The quantitative estimate of drug-likeness (QED) is 0.174. The second kappa shape index (κ2) is 10.0. The number of nitrogens with zero attached hydrogens (tertiary/aromatic N) is 4. The number of fused-ring (bicyclic) bond motifs is 1. The van der Waals surface area contributed by atoms with Crippen molar-refractivity contribution in [2.45, 2.75) is 58.3 Å². The molecule has 0 unspecified atom stereocenters. The fourth-order valence-corrected chi connectivity index (χ4v) is 4.53. The highest BCUT2D eigenvalue weighted by Gasteiger charge is 2.18. The Kier molecular flexibility index (Phi) is 8.50. The van der Waals surface area contributed by atoms with Crippen LogP contribution in [0, 0.1) is 10.5 Å². The molecule has 0 atom stereocenters. The van der Waals surface area contributed by atoms with Gasteiger partial charge in [0, 0.05) is 41.1 Å². The van der Waals surface area contributed by atoms with Crippen LogP contribution in [0.2, 0.25) is 51.4 Å². The van der Waals surface area contributed by atoms with Crippen molar-refractivity contribution >= 4 is 50.2 Å². The van der Waals surface area contributed by atoms with Crippen molar-refractivity contribution in [2.24, 2.45) is 0 Å². The van der Waals surface area contributed by atoms with Crippen LogP contribution in [0.25, 0.3) is 5.65 Å². The Morgan fingerprint density at radius 3 is 2.04 bits per heavy atom. The van der Waals surface area contributed by atoms with Crippen LogP contribution in [0.15, 0.2) is 12.3 Å². The Morgan fingerprint density at radius 1 is 1.00 bits per heavy atom. The number of aryl methyl sites for hydroxylation is 1. The molecule has 158 valence electrons. The summed E-state index contributed by atoms with van der Waals surface area (Å²) in [7, 11) is -2.22. The molecule has 0 aliphatic heterocycles. The molecule has 0 saturated carbocycles. The van der Waals surface area contributed by atoms with E-state index in [9.17, 15) is 0 Å². The fraction of sp³-hybridized carbons (Fsp3) is 0.684. The van der Waals surface area contributed by atoms with Gasteiger partial charge in [0.25, 0.3) is 0 Å². The van der Waals surface area contributed by atoms with Crippen molar-refractivity contribution in [2.75, 3.05) is 31.6 Å². The van der Waals surface area contributed by atoms with Gasteiger partial charge in [-0.15, -0.1) is 0 Å². The Labute approximate surface area is 185 Å². The third-order valence-electron chi connectivity index (χ3n) is 4.35. The largest absolute Gasteiger partial charge is 0.361 e. The van der Waals surface area contributed by atoms with E-state index in [-0.39, 0.29) is 0 Å². The highest BCUT2D eigenvalue weighted by atomic mass is 127. The van der Waals surface area contributed by atoms with Gasteiger partial charge in [-0.1, -0.05) is 39.3 Å². The third-order valence-corrected chi connectivity index (χ3v) is 8.52. The molecule has 0 spiro atoms. The molecule has 9 heteroatoms. The predicted molar refractivity (Wildman–Crippen MR) is 131 cm³/mol. The number of aromatic nitrogens is 3. The maximum atomic E-state index is 6.05. The summed E-state index contributed by atoms with van der Waals surface area (Å²) in [6, 6.07) is 4.36. The zero-order valence-electron chi connectivity index (χ0n) is 18.4. The van der Waals surface area contributed by atoms with E-state index >= 15 is 0 Å². The van der Waals surface area contributed by atoms with Gasteiger partial charge in [0.15, 0.2) is 5.65 Å². The number of rotatable bonds is 11. The highest BCUT2D eigenvalue weighted by molar-refractivity contribution is 14.1. The first-order chi connectivity index (χ1) is 13.0. The van der Waals surface area contributed by atoms with E-state index in [0.29, 0.717) is 13.5 Å². The topological polar surface area (TPSA) is 51.9 Å². The number of hydrogen-bond donors (Lipinski definition) is 0. The van der Waals surface area contributed by atoms with Gasteiger partial charge in [-0.05, 0) is 41.6 Å². The molecule has 2 rings (SSSR count). The summed E-state index contributed by atoms with van der Waals surface area (Å²) in [5.41, 5.74) is 1.85. The van der Waals surface area contributed by atoms with Crippen LogP contribution in [-0.2, 0) is 9.47 Å². The predicted octanol–water partition coefficient (Wildman–Crippen LogP) is 5.07. The molecule has 0 fully saturated rings. The molecule has 2 aromatic heterocycles. The highest BCUT2D eigenvalue weighted by Crippen LogP contribution is 2.21. The summed E-state index contributed by atoms with van der Waals surface area (Å²) in [6.45, 7) is 18.8. The average Bonchev–Trinajstić information content (AvgIpc) is 2.92. The van der Waals surface area contributed by atoms with Crippen molar-refractivity contribution in [3.05, 3.63) is 21.5 Å². The van der Waals surface area contributed by atoms with Gasteiger partial charge in [-0.2, -0.15) is 9.61 Å². The maximum absolute atomic E-state index is 6.05. The number of halogens is 1. The standard InChI is InChI=1S/C19H35IN4O2Si2/c1-16-12-18(24-19(22-16)17(20)13-21-24)23(14-25-8-10-27(2,3)4)15-26-9-11-28(5,6)7/h12-13H,8-11,14-15H2,1-7H3. The van der Waals surface area contributed by atoms with Crippen LogP contribution in [0.5, 0.6) is 0 Å². The minimum absolute atomic E-state index is 0.492. The molecule has 0 amide bonds. The van der Waals surface area contributed by atoms with E-state index in [0.717, 1.165) is 46.0 Å². The Hall–Kier alpha value is -0.496. The molecule has 2 heterocycles. The zero-order chi connectivity index (χ0) is 20.9. The molecule has 0 radical (unpaired) electrons. The van der Waals surface area contributed by atoms with Crippen molar-refractivity contribution in [3.8, 4) is 0 Å². The van der Waals surface area contributed by atoms with E-state index < -0.39 is 16.1 Å². The van der Waals surface area contributed by atoms with Gasteiger partial charge in [-0.3, -0.25) is 0 Å². The van der Waals surface area contributed by atoms with Crippen molar-refractivity contribution < 1.29 is 9.47 Å². The SMILES string of the molecule is Cc1cc(N(COCC[Si](C)(C)C)COCC[Si](C)(C)C)n2ncc(I)c2n1. The molecule has 0 bridgehead atoms. The zero-order valence-corrected chi connectivity index (χ0v) is 22.5. The van der Waals surface area contributed by atoms with Gasteiger partial charge >= 0.3 is 0 Å². The van der Waals surface area contributed by atoms with E-state index in [4.69, 9.17) is 9.47 Å². The number of anilines is 1. The molecular weight excluding hydrogens is 499 g/mol. The van der Waals surface area contributed by atoms with Gasteiger partial charge in [-0.25, -0.2) is 4.98 Å². The normalized spacial score (nSPS) is 12.7. The summed E-state index contributed by atoms with van der Waals surface area (Å²) in [5.74, 6) is 0.964. The first-order valence-electron chi connectivity index (χ1n) is 9.88. The third kappa shape index (κ3) is 7.73. The Balaban J connectivity index is 2.13. The first-order valence-corrected chi connectivity index (χ1v) is 18.4. The minimum atomic E-state index is -1.11. The molecule has 2 aromatic rings. The lowest BCUT2D eigenvalue weighted by molar-refractivity contribution is 0.0942. The van der Waals surface area contributed by atoms with Crippen LogP contribution < -0.4 is 4.90 Å². The smallest absolute Gasteiger partial charge is 0.171 e. The summed E-state index contributed by atoms with van der Waals surface area (Å²) in [5, 5.41) is 4.52. The molecule has 0 N–H and O–H groups in total. The Morgan fingerprint density at radius 2 is 1.54 bits per heavy atom. The monoisotopic (exact) mass is 534 g/mol. The Bertz CT molecular complexity index is 750. The van der Waals surface area contributed by atoms with Crippen molar-refractivity contribution in [1.82, 2.24) is 14.6 Å². The number of hydrogen-bond acceptors (Lipinski definition) is 5.